The normalized spacial score (nSPS) is 15.5. The molecule has 1 aliphatic rings. The van der Waals surface area contributed by atoms with Gasteiger partial charge in [0.15, 0.2) is 5.43 Å². The summed E-state index contributed by atoms with van der Waals surface area (Å²) in [6.07, 6.45) is 0. The van der Waals surface area contributed by atoms with E-state index in [-0.39, 0.29) is 34.9 Å². The highest BCUT2D eigenvalue weighted by atomic mass is 79.9. The number of carbonyl (C=O) groups excluding carboxylic acids is 1. The molecule has 5 rings (SSSR count). The van der Waals surface area contributed by atoms with Crippen molar-refractivity contribution < 1.29 is 18.7 Å². The van der Waals surface area contributed by atoms with Crippen LogP contribution in [0.25, 0.3) is 11.0 Å². The second-order valence-electron chi connectivity index (χ2n) is 7.37. The molecule has 0 aliphatic carbocycles. The molecule has 2 heterocycles. The third kappa shape index (κ3) is 3.31. The van der Waals surface area contributed by atoms with Gasteiger partial charge in [-0.15, -0.1) is 0 Å². The van der Waals surface area contributed by atoms with Crippen LogP contribution in [0.5, 0.6) is 5.75 Å². The number of aromatic hydroxyl groups is 1. The molecule has 154 valence electrons. The third-order valence-electron chi connectivity index (χ3n) is 5.38. The Kier molecular flexibility index (Phi) is 4.63. The monoisotopic (exact) mass is 479 g/mol. The number of phenolic OH excluding ortho intramolecular Hbond substituents is 1. The van der Waals surface area contributed by atoms with Crippen LogP contribution in [0.3, 0.4) is 0 Å². The van der Waals surface area contributed by atoms with Crippen molar-refractivity contribution in [1.29, 1.82) is 0 Å². The van der Waals surface area contributed by atoms with E-state index in [2.05, 4.69) is 15.9 Å². The molecule has 4 aromatic rings. The Bertz CT molecular complexity index is 1400. The molecule has 1 aromatic heterocycles. The van der Waals surface area contributed by atoms with Crippen LogP contribution >= 0.6 is 15.9 Å². The van der Waals surface area contributed by atoms with Crippen LogP contribution in [0.2, 0.25) is 0 Å². The van der Waals surface area contributed by atoms with E-state index in [0.29, 0.717) is 26.6 Å². The molecule has 0 saturated heterocycles. The van der Waals surface area contributed by atoms with Gasteiger partial charge in [0.05, 0.1) is 17.0 Å². The fourth-order valence-corrected chi connectivity index (χ4v) is 4.34. The molecule has 0 fully saturated rings. The number of hydrogen-bond acceptors (Lipinski definition) is 4. The van der Waals surface area contributed by atoms with Crippen LogP contribution < -0.4 is 5.43 Å². The molecule has 3 aromatic carbocycles. The lowest BCUT2D eigenvalue weighted by atomic mass is 9.98. The molecule has 0 bridgehead atoms. The minimum atomic E-state index is -0.751. The van der Waals surface area contributed by atoms with Crippen molar-refractivity contribution in [3.63, 3.8) is 0 Å². The summed E-state index contributed by atoms with van der Waals surface area (Å²) in [6.45, 7) is 0.142. The van der Waals surface area contributed by atoms with Gasteiger partial charge in [-0.05, 0) is 53.6 Å². The molecule has 0 spiro atoms. The molecule has 1 aliphatic heterocycles. The summed E-state index contributed by atoms with van der Waals surface area (Å²) in [5, 5.41) is 10.4. The average Bonchev–Trinajstić information content (AvgIpc) is 3.02. The van der Waals surface area contributed by atoms with Crippen molar-refractivity contribution in [3.05, 3.63) is 110 Å². The molecule has 0 radical (unpaired) electrons. The van der Waals surface area contributed by atoms with Gasteiger partial charge in [-0.3, -0.25) is 9.59 Å². The van der Waals surface area contributed by atoms with Gasteiger partial charge in [-0.2, -0.15) is 0 Å². The molecule has 7 heteroatoms. The third-order valence-corrected chi connectivity index (χ3v) is 5.87. The number of fused-ring (bicyclic) bond motifs is 2. The van der Waals surface area contributed by atoms with E-state index in [0.717, 1.165) is 0 Å². The van der Waals surface area contributed by atoms with Gasteiger partial charge in [-0.1, -0.05) is 40.2 Å². The van der Waals surface area contributed by atoms with Gasteiger partial charge < -0.3 is 14.4 Å². The van der Waals surface area contributed by atoms with Gasteiger partial charge in [0.1, 0.15) is 17.1 Å². The van der Waals surface area contributed by atoms with Gasteiger partial charge in [0.25, 0.3) is 5.91 Å². The van der Waals surface area contributed by atoms with Crippen LogP contribution in [0.1, 0.15) is 33.3 Å². The second-order valence-corrected chi connectivity index (χ2v) is 8.29. The van der Waals surface area contributed by atoms with E-state index in [4.69, 9.17) is 4.42 Å². The van der Waals surface area contributed by atoms with Crippen LogP contribution in [0, 0.1) is 5.82 Å². The second kappa shape index (κ2) is 7.35. The number of amides is 1. The van der Waals surface area contributed by atoms with E-state index < -0.39 is 11.9 Å². The Balaban J connectivity index is 1.73. The topological polar surface area (TPSA) is 70.8 Å². The first-order chi connectivity index (χ1) is 14.9. The quantitative estimate of drug-likeness (QED) is 0.441. The van der Waals surface area contributed by atoms with Gasteiger partial charge in [-0.25, -0.2) is 4.39 Å². The standard InChI is InChI=1S/C24H15BrFNO4/c25-15-6-9-19-18(11-15)22(29)20-21(14-2-1-3-17(28)10-14)27(24(30)23(20)31-19)12-13-4-7-16(26)8-5-13/h1-11,21,28H,12H2/t21-/m0/s1. The van der Waals surface area contributed by atoms with E-state index in [9.17, 15) is 19.1 Å². The van der Waals surface area contributed by atoms with Crippen molar-refractivity contribution in [1.82, 2.24) is 4.90 Å². The maximum atomic E-state index is 13.5. The highest BCUT2D eigenvalue weighted by Crippen LogP contribution is 2.40. The van der Waals surface area contributed by atoms with Gasteiger partial charge in [0, 0.05) is 11.0 Å². The summed E-state index contributed by atoms with van der Waals surface area (Å²) >= 11 is 3.37. The molecule has 31 heavy (non-hydrogen) atoms. The number of benzene rings is 3. The van der Waals surface area contributed by atoms with Crippen molar-refractivity contribution in [2.45, 2.75) is 12.6 Å². The lowest BCUT2D eigenvalue weighted by Crippen LogP contribution is -2.29. The molecular weight excluding hydrogens is 465 g/mol. The Labute approximate surface area is 184 Å². The van der Waals surface area contributed by atoms with Crippen LogP contribution in [0.15, 0.2) is 80.4 Å². The van der Waals surface area contributed by atoms with E-state index >= 15 is 0 Å². The van der Waals surface area contributed by atoms with Crippen molar-refractivity contribution in [2.24, 2.45) is 0 Å². The van der Waals surface area contributed by atoms with Crippen molar-refractivity contribution in [2.75, 3.05) is 0 Å². The molecule has 1 atom stereocenters. The van der Waals surface area contributed by atoms with Crippen LogP contribution in [-0.4, -0.2) is 15.9 Å². The number of halogens is 2. The zero-order valence-corrected chi connectivity index (χ0v) is 17.6. The number of nitrogens with zero attached hydrogens (tertiary/aromatic N) is 1. The first-order valence-corrected chi connectivity index (χ1v) is 10.3. The predicted molar refractivity (Wildman–Crippen MR) is 116 cm³/mol. The Morgan fingerprint density at radius 1 is 1.03 bits per heavy atom. The smallest absolute Gasteiger partial charge is 0.291 e. The summed E-state index contributed by atoms with van der Waals surface area (Å²) in [4.78, 5) is 28.3. The fraction of sp³-hybridized carbons (Fsp3) is 0.0833. The molecular formula is C24H15BrFNO4. The predicted octanol–water partition coefficient (Wildman–Crippen LogP) is 5.15. The lowest BCUT2D eigenvalue weighted by molar-refractivity contribution is 0.0714. The van der Waals surface area contributed by atoms with Gasteiger partial charge in [0.2, 0.25) is 5.76 Å². The largest absolute Gasteiger partial charge is 0.508 e. The van der Waals surface area contributed by atoms with Crippen LogP contribution in [0.4, 0.5) is 4.39 Å². The summed E-state index contributed by atoms with van der Waals surface area (Å²) in [5.41, 5.74) is 1.52. The number of hydrogen-bond donors (Lipinski definition) is 1. The summed E-state index contributed by atoms with van der Waals surface area (Å²) in [5.74, 6) is -0.809. The van der Waals surface area contributed by atoms with Crippen LogP contribution in [-0.2, 0) is 6.54 Å². The van der Waals surface area contributed by atoms with Crippen molar-refractivity contribution in [3.8, 4) is 5.75 Å². The minimum absolute atomic E-state index is 0.0183. The van der Waals surface area contributed by atoms with E-state index in [1.165, 1.54) is 29.2 Å². The summed E-state index contributed by atoms with van der Waals surface area (Å²) in [6, 6.07) is 16.6. The maximum absolute atomic E-state index is 13.5. The Morgan fingerprint density at radius 3 is 2.55 bits per heavy atom. The number of phenols is 1. The summed E-state index contributed by atoms with van der Waals surface area (Å²) < 4.78 is 20.0. The number of carbonyl (C=O) groups is 1. The zero-order valence-electron chi connectivity index (χ0n) is 16.0. The van der Waals surface area contributed by atoms with E-state index in [1.807, 2.05) is 0 Å². The molecule has 1 amide bonds. The van der Waals surface area contributed by atoms with E-state index in [1.54, 1.807) is 42.5 Å². The maximum Gasteiger partial charge on any atom is 0.291 e. The minimum Gasteiger partial charge on any atom is -0.508 e. The fourth-order valence-electron chi connectivity index (χ4n) is 3.98. The SMILES string of the molecule is O=C1c2oc3ccc(Br)cc3c(=O)c2[C@H](c2cccc(O)c2)N1Cc1ccc(F)cc1. The Morgan fingerprint density at radius 2 is 1.81 bits per heavy atom. The van der Waals surface area contributed by atoms with Gasteiger partial charge >= 0.3 is 0 Å². The zero-order chi connectivity index (χ0) is 21.7. The first kappa shape index (κ1) is 19.5. The summed E-state index contributed by atoms with van der Waals surface area (Å²) in [7, 11) is 0. The molecule has 0 unspecified atom stereocenters. The average molecular weight is 480 g/mol. The Hall–Kier alpha value is -3.45. The molecule has 5 nitrogen and oxygen atoms in total. The highest BCUT2D eigenvalue weighted by Gasteiger charge is 2.42. The molecule has 1 N–H and O–H groups in total. The van der Waals surface area contributed by atoms with Crippen molar-refractivity contribution >= 4 is 32.8 Å². The number of rotatable bonds is 3. The molecule has 0 saturated carbocycles. The lowest BCUT2D eigenvalue weighted by Gasteiger charge is -2.25. The highest BCUT2D eigenvalue weighted by molar-refractivity contribution is 9.10. The first-order valence-electron chi connectivity index (χ1n) is 9.53.